The lowest BCUT2D eigenvalue weighted by molar-refractivity contribution is 0.0995. The van der Waals surface area contributed by atoms with E-state index in [9.17, 15) is 4.79 Å². The molecule has 2 rings (SSSR count). The average molecular weight is 147 g/mol. The number of aromatic amines is 1. The van der Waals surface area contributed by atoms with E-state index < -0.39 is 5.91 Å². The fourth-order valence-corrected chi connectivity index (χ4v) is 1.02. The van der Waals surface area contributed by atoms with Gasteiger partial charge < -0.3 is 5.73 Å². The molecule has 1 aliphatic carbocycles. The maximum Gasteiger partial charge on any atom is 0.269 e. The van der Waals surface area contributed by atoms with Gasteiger partial charge in [-0.3, -0.25) is 9.89 Å². The molecule has 0 saturated carbocycles. The van der Waals surface area contributed by atoms with Crippen LogP contribution in [0.15, 0.2) is 5.73 Å². The number of carbonyl (C=O) groups excluding carboxylic acids is 1. The van der Waals surface area contributed by atoms with E-state index in [2.05, 4.69) is 15.9 Å². The van der Waals surface area contributed by atoms with Crippen LogP contribution in [0.25, 0.3) is 12.2 Å². The Morgan fingerprint density at radius 3 is 3.18 bits per heavy atom. The van der Waals surface area contributed by atoms with Crippen molar-refractivity contribution in [1.29, 1.82) is 0 Å². The van der Waals surface area contributed by atoms with Gasteiger partial charge in [-0.25, -0.2) is 0 Å². The standard InChI is InChI=1S/C7H5N3O/c8-7(11)6-4-2-1-3-5(4)9-10-6/h2-3H,(H2,8,11)(H,9,10). The Bertz CT molecular complexity index is 382. The minimum Gasteiger partial charge on any atom is -0.364 e. The minimum absolute atomic E-state index is 0.279. The van der Waals surface area contributed by atoms with Crippen LogP contribution >= 0.6 is 0 Å². The summed E-state index contributed by atoms with van der Waals surface area (Å²) in [5.74, 6) is -0.518. The zero-order valence-electron chi connectivity index (χ0n) is 5.59. The lowest BCUT2D eigenvalue weighted by atomic mass is 10.2. The van der Waals surface area contributed by atoms with Gasteiger partial charge in [-0.1, -0.05) is 0 Å². The Morgan fingerprint density at radius 1 is 1.64 bits per heavy atom. The van der Waals surface area contributed by atoms with Crippen LogP contribution in [0.4, 0.5) is 0 Å². The Kier molecular flexibility index (Phi) is 0.995. The van der Waals surface area contributed by atoms with Crippen molar-refractivity contribution in [2.75, 3.05) is 0 Å². The fraction of sp³-hybridized carbons (Fsp3) is 0. The number of fused-ring (bicyclic) bond motifs is 1. The summed E-state index contributed by atoms with van der Waals surface area (Å²) in [7, 11) is 0. The number of nitrogens with zero attached hydrogens (tertiary/aromatic N) is 1. The molecule has 1 heterocycles. The normalized spacial score (nSPS) is 12.0. The number of amides is 1. The molecule has 0 unspecified atom stereocenters. The van der Waals surface area contributed by atoms with Crippen LogP contribution in [-0.2, 0) is 0 Å². The number of nitrogens with two attached hydrogens (primary N) is 1. The number of nitrogens with one attached hydrogen (secondary N) is 1. The molecule has 0 radical (unpaired) electrons. The Labute approximate surface area is 62.4 Å². The second-order valence-corrected chi connectivity index (χ2v) is 2.22. The Morgan fingerprint density at radius 2 is 2.45 bits per heavy atom. The molecule has 0 atom stereocenters. The molecule has 54 valence electrons. The third-order valence-corrected chi connectivity index (χ3v) is 1.52. The SMILES string of the molecule is NC(=O)c1n[nH]c2c1C=C=C2. The van der Waals surface area contributed by atoms with E-state index in [0.29, 0.717) is 0 Å². The van der Waals surface area contributed by atoms with Crippen molar-refractivity contribution in [1.82, 2.24) is 10.2 Å². The third kappa shape index (κ3) is 0.701. The van der Waals surface area contributed by atoms with Gasteiger partial charge in [0.2, 0.25) is 0 Å². The highest BCUT2D eigenvalue weighted by Crippen LogP contribution is 2.17. The molecular formula is C7H5N3O. The first kappa shape index (κ1) is 5.95. The molecule has 4 heteroatoms. The number of hydrogen-bond acceptors (Lipinski definition) is 2. The maximum absolute atomic E-state index is 10.7. The van der Waals surface area contributed by atoms with Gasteiger partial charge in [0.1, 0.15) is 0 Å². The van der Waals surface area contributed by atoms with Crippen molar-refractivity contribution < 1.29 is 4.79 Å². The summed E-state index contributed by atoms with van der Waals surface area (Å²) in [5.41, 5.74) is 9.69. The van der Waals surface area contributed by atoms with Crippen LogP contribution in [0.1, 0.15) is 21.7 Å². The van der Waals surface area contributed by atoms with E-state index in [-0.39, 0.29) is 5.69 Å². The predicted octanol–water partition coefficient (Wildman–Crippen LogP) is 0.148. The Hall–Kier alpha value is -1.80. The third-order valence-electron chi connectivity index (χ3n) is 1.52. The van der Waals surface area contributed by atoms with Gasteiger partial charge >= 0.3 is 0 Å². The molecule has 11 heavy (non-hydrogen) atoms. The zero-order valence-corrected chi connectivity index (χ0v) is 5.59. The number of carbonyl (C=O) groups is 1. The molecule has 1 aromatic rings. The number of hydrogen-bond donors (Lipinski definition) is 2. The molecule has 0 aliphatic heterocycles. The summed E-state index contributed by atoms with van der Waals surface area (Å²) < 4.78 is 0. The van der Waals surface area contributed by atoms with Crippen LogP contribution in [-0.4, -0.2) is 16.1 Å². The zero-order chi connectivity index (χ0) is 7.84. The molecule has 0 fully saturated rings. The molecule has 1 amide bonds. The lowest BCUT2D eigenvalue weighted by Gasteiger charge is -1.86. The summed E-state index contributed by atoms with van der Waals surface area (Å²) in [6, 6.07) is 0. The molecule has 1 aliphatic rings. The van der Waals surface area contributed by atoms with Crippen LogP contribution < -0.4 is 5.73 Å². The van der Waals surface area contributed by atoms with Crippen LogP contribution in [0.2, 0.25) is 0 Å². The van der Waals surface area contributed by atoms with Crippen molar-refractivity contribution in [3.05, 3.63) is 22.7 Å². The van der Waals surface area contributed by atoms with Gasteiger partial charge in [0.25, 0.3) is 5.91 Å². The van der Waals surface area contributed by atoms with E-state index in [1.165, 1.54) is 0 Å². The summed E-state index contributed by atoms with van der Waals surface area (Å²) in [4.78, 5) is 10.7. The number of rotatable bonds is 1. The molecule has 0 bridgehead atoms. The predicted molar refractivity (Wildman–Crippen MR) is 39.5 cm³/mol. The van der Waals surface area contributed by atoms with E-state index >= 15 is 0 Å². The summed E-state index contributed by atoms with van der Waals surface area (Å²) in [5, 5.41) is 6.40. The highest BCUT2D eigenvalue weighted by molar-refractivity contribution is 5.96. The highest BCUT2D eigenvalue weighted by Gasteiger charge is 2.15. The second kappa shape index (κ2) is 1.84. The van der Waals surface area contributed by atoms with Gasteiger partial charge in [-0.2, -0.15) is 5.10 Å². The average Bonchev–Trinajstić information content (AvgIpc) is 2.41. The van der Waals surface area contributed by atoms with Crippen molar-refractivity contribution in [3.8, 4) is 0 Å². The number of primary amides is 1. The first-order valence-electron chi connectivity index (χ1n) is 3.09. The van der Waals surface area contributed by atoms with Crippen LogP contribution in [0.5, 0.6) is 0 Å². The largest absolute Gasteiger partial charge is 0.364 e. The monoisotopic (exact) mass is 147 g/mol. The fourth-order valence-electron chi connectivity index (χ4n) is 1.02. The van der Waals surface area contributed by atoms with Gasteiger partial charge in [0.15, 0.2) is 5.69 Å². The number of aromatic nitrogens is 2. The smallest absolute Gasteiger partial charge is 0.269 e. The first-order valence-corrected chi connectivity index (χ1v) is 3.09. The first-order chi connectivity index (χ1) is 5.29. The van der Waals surface area contributed by atoms with Crippen molar-refractivity contribution in [2.45, 2.75) is 0 Å². The van der Waals surface area contributed by atoms with Crippen LogP contribution in [0.3, 0.4) is 0 Å². The van der Waals surface area contributed by atoms with Crippen molar-refractivity contribution >= 4 is 18.1 Å². The van der Waals surface area contributed by atoms with Gasteiger partial charge in [-0.15, -0.1) is 5.73 Å². The van der Waals surface area contributed by atoms with E-state index in [1.807, 2.05) is 0 Å². The topological polar surface area (TPSA) is 71.8 Å². The summed E-state index contributed by atoms with van der Waals surface area (Å²) in [6.45, 7) is 0. The lowest BCUT2D eigenvalue weighted by Crippen LogP contribution is -2.12. The van der Waals surface area contributed by atoms with Gasteiger partial charge in [-0.05, 0) is 6.08 Å². The molecule has 3 N–H and O–H groups in total. The molecule has 1 aromatic heterocycles. The molecule has 4 nitrogen and oxygen atoms in total. The van der Waals surface area contributed by atoms with E-state index in [0.717, 1.165) is 11.3 Å². The summed E-state index contributed by atoms with van der Waals surface area (Å²) in [6.07, 6.45) is 3.40. The van der Waals surface area contributed by atoms with Crippen molar-refractivity contribution in [2.24, 2.45) is 5.73 Å². The Balaban J connectivity index is 2.62. The quantitative estimate of drug-likeness (QED) is 0.563. The van der Waals surface area contributed by atoms with Gasteiger partial charge in [0.05, 0.1) is 5.69 Å². The van der Waals surface area contributed by atoms with E-state index in [4.69, 9.17) is 5.73 Å². The van der Waals surface area contributed by atoms with E-state index in [1.54, 1.807) is 12.2 Å². The highest BCUT2D eigenvalue weighted by atomic mass is 16.1. The molecule has 0 saturated heterocycles. The van der Waals surface area contributed by atoms with Crippen LogP contribution in [0, 0.1) is 0 Å². The minimum atomic E-state index is -0.518. The molecular weight excluding hydrogens is 142 g/mol. The van der Waals surface area contributed by atoms with Crippen molar-refractivity contribution in [3.63, 3.8) is 0 Å². The van der Waals surface area contributed by atoms with Gasteiger partial charge in [0, 0.05) is 11.6 Å². The number of H-pyrrole nitrogens is 1. The second-order valence-electron chi connectivity index (χ2n) is 2.22. The molecule has 0 aromatic carbocycles. The molecule has 0 spiro atoms. The summed E-state index contributed by atoms with van der Waals surface area (Å²) >= 11 is 0. The maximum atomic E-state index is 10.7.